The Morgan fingerprint density at radius 3 is 2.52 bits per heavy atom. The maximum atomic E-state index is 11.7. The number of benzene rings is 2. The maximum Gasteiger partial charge on any atom is 0.354 e. The van der Waals surface area contributed by atoms with Crippen LogP contribution in [0, 0.1) is 0 Å². The van der Waals surface area contributed by atoms with Gasteiger partial charge in [0.05, 0.1) is 6.61 Å². The molecule has 2 aromatic carbocycles. The Labute approximate surface area is 127 Å². The smallest absolute Gasteiger partial charge is 0.354 e. The molecular weight excluding hydrogens is 286 g/mol. The molecule has 0 aliphatic rings. The topological polar surface area (TPSA) is 42.1 Å². The number of esters is 1. The Bertz CT molecular complexity index is 790. The van der Waals surface area contributed by atoms with Gasteiger partial charge in [-0.2, -0.15) is 0 Å². The number of halogens is 1. The minimum Gasteiger partial charge on any atom is -0.461 e. The molecule has 3 nitrogen and oxygen atoms in total. The van der Waals surface area contributed by atoms with E-state index in [1.807, 2.05) is 42.5 Å². The Morgan fingerprint density at radius 2 is 1.81 bits per heavy atom. The van der Waals surface area contributed by atoms with E-state index in [-0.39, 0.29) is 5.97 Å². The molecule has 1 N–H and O–H groups in total. The number of carbonyl (C=O) groups is 1. The fourth-order valence-corrected chi connectivity index (χ4v) is 2.39. The highest BCUT2D eigenvalue weighted by Crippen LogP contribution is 2.26. The molecule has 1 aromatic heterocycles. The van der Waals surface area contributed by atoms with E-state index < -0.39 is 0 Å². The fraction of sp³-hybridized carbons (Fsp3) is 0.118. The van der Waals surface area contributed by atoms with Crippen LogP contribution in [0.1, 0.15) is 17.4 Å². The first-order chi connectivity index (χ1) is 10.2. The third-order valence-corrected chi connectivity index (χ3v) is 3.55. The summed E-state index contributed by atoms with van der Waals surface area (Å²) >= 11 is 5.90. The van der Waals surface area contributed by atoms with E-state index in [4.69, 9.17) is 16.3 Å². The van der Waals surface area contributed by atoms with E-state index in [1.54, 1.807) is 13.0 Å². The third kappa shape index (κ3) is 2.78. The van der Waals surface area contributed by atoms with E-state index >= 15 is 0 Å². The number of carbonyl (C=O) groups excluding carboxylic acids is 1. The number of aromatic amines is 1. The molecule has 0 fully saturated rings. The summed E-state index contributed by atoms with van der Waals surface area (Å²) in [6.07, 6.45) is 0. The number of aromatic nitrogens is 1. The van der Waals surface area contributed by atoms with Gasteiger partial charge in [-0.3, -0.25) is 0 Å². The minimum absolute atomic E-state index is 0.332. The lowest BCUT2D eigenvalue weighted by Crippen LogP contribution is -2.04. The average molecular weight is 300 g/mol. The van der Waals surface area contributed by atoms with Crippen molar-refractivity contribution in [2.75, 3.05) is 6.61 Å². The zero-order valence-corrected chi connectivity index (χ0v) is 12.3. The molecule has 0 bridgehead atoms. The fourth-order valence-electron chi connectivity index (χ4n) is 2.27. The lowest BCUT2D eigenvalue weighted by atomic mass is 10.0. The molecule has 3 aromatic rings. The molecule has 0 atom stereocenters. The summed E-state index contributed by atoms with van der Waals surface area (Å²) in [6.45, 7) is 2.16. The Balaban J connectivity index is 2.00. The van der Waals surface area contributed by atoms with Gasteiger partial charge in [0.1, 0.15) is 5.69 Å². The van der Waals surface area contributed by atoms with Crippen LogP contribution < -0.4 is 0 Å². The Kier molecular flexibility index (Phi) is 3.67. The SMILES string of the molecule is CCOC(=O)c1cc2ccc(-c3ccc(Cl)cc3)cc2[nH]1. The summed E-state index contributed by atoms with van der Waals surface area (Å²) in [7, 11) is 0. The lowest BCUT2D eigenvalue weighted by molar-refractivity contribution is 0.0520. The summed E-state index contributed by atoms with van der Waals surface area (Å²) in [6, 6.07) is 15.5. The number of hydrogen-bond acceptors (Lipinski definition) is 2. The van der Waals surface area contributed by atoms with Gasteiger partial charge in [0.2, 0.25) is 0 Å². The van der Waals surface area contributed by atoms with Crippen molar-refractivity contribution in [3.8, 4) is 11.1 Å². The maximum absolute atomic E-state index is 11.7. The summed E-state index contributed by atoms with van der Waals surface area (Å²) < 4.78 is 5.00. The summed E-state index contributed by atoms with van der Waals surface area (Å²) in [5.41, 5.74) is 3.52. The highest BCUT2D eigenvalue weighted by atomic mass is 35.5. The minimum atomic E-state index is -0.332. The molecular formula is C17H14ClNO2. The Hall–Kier alpha value is -2.26. The number of ether oxygens (including phenoxy) is 1. The molecule has 0 aliphatic heterocycles. The third-order valence-electron chi connectivity index (χ3n) is 3.30. The molecule has 0 aliphatic carbocycles. The number of H-pyrrole nitrogens is 1. The van der Waals surface area contributed by atoms with Crippen LogP contribution in [-0.2, 0) is 4.74 Å². The molecule has 106 valence electrons. The normalized spacial score (nSPS) is 10.8. The molecule has 0 saturated carbocycles. The second-order valence-electron chi connectivity index (χ2n) is 4.71. The van der Waals surface area contributed by atoms with E-state index in [1.165, 1.54) is 0 Å². The monoisotopic (exact) mass is 299 g/mol. The van der Waals surface area contributed by atoms with Gasteiger partial charge in [-0.25, -0.2) is 4.79 Å². The predicted octanol–water partition coefficient (Wildman–Crippen LogP) is 4.67. The van der Waals surface area contributed by atoms with Crippen LogP contribution in [0.2, 0.25) is 5.02 Å². The van der Waals surface area contributed by atoms with Gasteiger partial charge in [0, 0.05) is 15.9 Å². The molecule has 21 heavy (non-hydrogen) atoms. The van der Waals surface area contributed by atoms with Gasteiger partial charge in [0.25, 0.3) is 0 Å². The van der Waals surface area contributed by atoms with Crippen molar-refractivity contribution < 1.29 is 9.53 Å². The van der Waals surface area contributed by atoms with Crippen molar-refractivity contribution in [1.29, 1.82) is 0 Å². The van der Waals surface area contributed by atoms with Gasteiger partial charge in [-0.05, 0) is 42.3 Å². The first-order valence-corrected chi connectivity index (χ1v) is 7.11. The highest BCUT2D eigenvalue weighted by molar-refractivity contribution is 6.30. The summed E-state index contributed by atoms with van der Waals surface area (Å²) in [4.78, 5) is 14.8. The standard InChI is InChI=1S/C17H14ClNO2/c1-2-21-17(20)16-10-13-4-3-12(9-15(13)19-16)11-5-7-14(18)8-6-11/h3-10,19H,2H2,1H3. The quantitative estimate of drug-likeness (QED) is 0.714. The highest BCUT2D eigenvalue weighted by Gasteiger charge is 2.10. The summed E-state index contributed by atoms with van der Waals surface area (Å²) in [5, 5.41) is 1.69. The number of hydrogen-bond donors (Lipinski definition) is 1. The lowest BCUT2D eigenvalue weighted by Gasteiger charge is -2.02. The predicted molar refractivity (Wildman–Crippen MR) is 84.7 cm³/mol. The van der Waals surface area contributed by atoms with Crippen molar-refractivity contribution in [2.24, 2.45) is 0 Å². The van der Waals surface area contributed by atoms with Crippen LogP contribution in [-0.4, -0.2) is 17.6 Å². The van der Waals surface area contributed by atoms with Gasteiger partial charge in [-0.1, -0.05) is 35.9 Å². The molecule has 0 saturated heterocycles. The second kappa shape index (κ2) is 5.62. The molecule has 0 unspecified atom stereocenters. The molecule has 1 heterocycles. The molecule has 0 radical (unpaired) electrons. The Morgan fingerprint density at radius 1 is 1.10 bits per heavy atom. The van der Waals surface area contributed by atoms with Crippen LogP contribution >= 0.6 is 11.6 Å². The first kappa shape index (κ1) is 13.7. The van der Waals surface area contributed by atoms with Crippen molar-refractivity contribution in [3.05, 3.63) is 59.2 Å². The van der Waals surface area contributed by atoms with Gasteiger partial charge in [-0.15, -0.1) is 0 Å². The van der Waals surface area contributed by atoms with Crippen molar-refractivity contribution in [1.82, 2.24) is 4.98 Å². The van der Waals surface area contributed by atoms with Crippen molar-refractivity contribution >= 4 is 28.5 Å². The van der Waals surface area contributed by atoms with Crippen LogP contribution in [0.15, 0.2) is 48.5 Å². The van der Waals surface area contributed by atoms with Crippen molar-refractivity contribution in [2.45, 2.75) is 6.92 Å². The van der Waals surface area contributed by atoms with Gasteiger partial charge in [0.15, 0.2) is 0 Å². The van der Waals surface area contributed by atoms with Crippen molar-refractivity contribution in [3.63, 3.8) is 0 Å². The zero-order valence-electron chi connectivity index (χ0n) is 11.5. The summed E-state index contributed by atoms with van der Waals surface area (Å²) in [5.74, 6) is -0.332. The first-order valence-electron chi connectivity index (χ1n) is 6.73. The van der Waals surface area contributed by atoms with E-state index in [2.05, 4.69) is 4.98 Å². The van der Waals surface area contributed by atoms with E-state index in [9.17, 15) is 4.79 Å². The van der Waals surface area contributed by atoms with E-state index in [0.29, 0.717) is 17.3 Å². The zero-order chi connectivity index (χ0) is 14.8. The van der Waals surface area contributed by atoms with Crippen LogP contribution in [0.5, 0.6) is 0 Å². The molecule has 3 rings (SSSR count). The van der Waals surface area contributed by atoms with Crippen LogP contribution in [0.3, 0.4) is 0 Å². The van der Waals surface area contributed by atoms with Crippen LogP contribution in [0.25, 0.3) is 22.0 Å². The van der Waals surface area contributed by atoms with E-state index in [0.717, 1.165) is 22.0 Å². The van der Waals surface area contributed by atoms with Gasteiger partial charge < -0.3 is 9.72 Å². The molecule has 4 heteroatoms. The number of rotatable bonds is 3. The molecule has 0 amide bonds. The average Bonchev–Trinajstić information content (AvgIpc) is 2.91. The molecule has 0 spiro atoms. The largest absolute Gasteiger partial charge is 0.461 e. The number of fused-ring (bicyclic) bond motifs is 1. The number of nitrogens with one attached hydrogen (secondary N) is 1. The van der Waals surface area contributed by atoms with Crippen LogP contribution in [0.4, 0.5) is 0 Å². The second-order valence-corrected chi connectivity index (χ2v) is 5.15. The van der Waals surface area contributed by atoms with Gasteiger partial charge >= 0.3 is 5.97 Å².